The van der Waals surface area contributed by atoms with E-state index in [1.807, 2.05) is 30.3 Å². The molecule has 13 heavy (non-hydrogen) atoms. The summed E-state index contributed by atoms with van der Waals surface area (Å²) in [4.78, 5) is 0. The van der Waals surface area contributed by atoms with Gasteiger partial charge in [-0.25, -0.2) is 0 Å². The summed E-state index contributed by atoms with van der Waals surface area (Å²) >= 11 is 0. The van der Waals surface area contributed by atoms with Crippen LogP contribution in [0, 0.1) is 19.3 Å². The van der Waals surface area contributed by atoms with Gasteiger partial charge < -0.3 is 0 Å². The van der Waals surface area contributed by atoms with Crippen molar-refractivity contribution < 1.29 is 0 Å². The first-order chi connectivity index (χ1) is 6.29. The van der Waals surface area contributed by atoms with Crippen molar-refractivity contribution >= 4 is 10.8 Å². The summed E-state index contributed by atoms with van der Waals surface area (Å²) in [6, 6.07) is 12.1. The second kappa shape index (κ2) is 2.95. The molecule has 0 bridgehead atoms. The van der Waals surface area contributed by atoms with Crippen molar-refractivity contribution in [2.24, 2.45) is 0 Å². The Morgan fingerprint density at radius 2 is 1.69 bits per heavy atom. The quantitative estimate of drug-likeness (QED) is 0.526. The van der Waals surface area contributed by atoms with E-state index in [0.717, 1.165) is 11.1 Å². The molecule has 0 unspecified atom stereocenters. The minimum atomic E-state index is 0.921. The van der Waals surface area contributed by atoms with E-state index in [4.69, 9.17) is 6.42 Å². The largest absolute Gasteiger partial charge is 0.115 e. The van der Waals surface area contributed by atoms with Crippen LogP contribution < -0.4 is 0 Å². The molecule has 2 aromatic rings. The standard InChI is InChI=1S/C13H9/c1-3-11-5-7-12-8-10(2)4-6-13(12)9-11/h1,4-9H,2H2. The first kappa shape index (κ1) is 7.89. The highest BCUT2D eigenvalue weighted by molar-refractivity contribution is 5.84. The topological polar surface area (TPSA) is 0 Å². The first-order valence-electron chi connectivity index (χ1n) is 4.12. The van der Waals surface area contributed by atoms with Crippen LogP contribution in [-0.4, -0.2) is 0 Å². The van der Waals surface area contributed by atoms with E-state index >= 15 is 0 Å². The normalized spacial score (nSPS) is 9.85. The Bertz CT molecular complexity index is 487. The molecular weight excluding hydrogens is 156 g/mol. The molecule has 0 N–H and O–H groups in total. The van der Waals surface area contributed by atoms with Crippen LogP contribution in [0.4, 0.5) is 0 Å². The van der Waals surface area contributed by atoms with Crippen molar-refractivity contribution in [3.05, 3.63) is 54.4 Å². The minimum Gasteiger partial charge on any atom is -0.115 e. The van der Waals surface area contributed by atoms with Crippen LogP contribution in [0.5, 0.6) is 0 Å². The summed E-state index contributed by atoms with van der Waals surface area (Å²) in [6.07, 6.45) is 5.31. The van der Waals surface area contributed by atoms with E-state index in [2.05, 4.69) is 18.9 Å². The highest BCUT2D eigenvalue weighted by Crippen LogP contribution is 2.16. The van der Waals surface area contributed by atoms with E-state index in [1.54, 1.807) is 0 Å². The Kier molecular flexibility index (Phi) is 1.79. The molecular formula is C13H9. The summed E-state index contributed by atoms with van der Waals surface area (Å²) in [7, 11) is 0. The van der Waals surface area contributed by atoms with E-state index in [0.29, 0.717) is 0 Å². The zero-order chi connectivity index (χ0) is 9.26. The van der Waals surface area contributed by atoms with Gasteiger partial charge in [-0.2, -0.15) is 0 Å². The SMILES string of the molecule is C#Cc1ccc2cc([CH2])ccc2c1. The highest BCUT2D eigenvalue weighted by Gasteiger charge is 1.94. The van der Waals surface area contributed by atoms with Crippen molar-refractivity contribution in [2.45, 2.75) is 0 Å². The van der Waals surface area contributed by atoms with Crippen LogP contribution in [0.2, 0.25) is 0 Å². The smallest absolute Gasteiger partial charge is 0.0248 e. The maximum absolute atomic E-state index is 5.31. The van der Waals surface area contributed by atoms with Crippen molar-refractivity contribution in [3.63, 3.8) is 0 Å². The predicted molar refractivity (Wildman–Crippen MR) is 56.3 cm³/mol. The van der Waals surface area contributed by atoms with Crippen molar-refractivity contribution in [3.8, 4) is 12.3 Å². The van der Waals surface area contributed by atoms with Crippen LogP contribution in [0.1, 0.15) is 11.1 Å². The van der Waals surface area contributed by atoms with Gasteiger partial charge in [0.15, 0.2) is 0 Å². The average Bonchev–Trinajstić information content (AvgIpc) is 2.17. The summed E-state index contributed by atoms with van der Waals surface area (Å²) in [5.74, 6) is 2.62. The number of fused-ring (bicyclic) bond motifs is 1. The lowest BCUT2D eigenvalue weighted by atomic mass is 10.1. The lowest BCUT2D eigenvalue weighted by Gasteiger charge is -1.99. The third kappa shape index (κ3) is 1.41. The van der Waals surface area contributed by atoms with Crippen LogP contribution in [-0.2, 0) is 0 Å². The molecule has 0 spiro atoms. The molecule has 0 aliphatic rings. The summed E-state index contributed by atoms with van der Waals surface area (Å²) in [6.45, 7) is 3.87. The van der Waals surface area contributed by atoms with Gasteiger partial charge in [0.2, 0.25) is 0 Å². The number of hydrogen-bond acceptors (Lipinski definition) is 0. The second-order valence-corrected chi connectivity index (χ2v) is 3.04. The third-order valence-electron chi connectivity index (χ3n) is 2.07. The van der Waals surface area contributed by atoms with Gasteiger partial charge >= 0.3 is 0 Å². The molecule has 2 rings (SSSR count). The molecule has 0 atom stereocenters. The minimum absolute atomic E-state index is 0.921. The van der Waals surface area contributed by atoms with Gasteiger partial charge in [0.05, 0.1) is 0 Å². The highest BCUT2D eigenvalue weighted by atomic mass is 14.0. The van der Waals surface area contributed by atoms with Crippen molar-refractivity contribution in [1.82, 2.24) is 0 Å². The monoisotopic (exact) mass is 165 g/mol. The Morgan fingerprint density at radius 3 is 2.46 bits per heavy atom. The number of benzene rings is 2. The fourth-order valence-corrected chi connectivity index (χ4v) is 1.38. The number of terminal acetylenes is 1. The molecule has 0 saturated carbocycles. The van der Waals surface area contributed by atoms with Gasteiger partial charge in [-0.3, -0.25) is 0 Å². The molecule has 2 aromatic carbocycles. The maximum Gasteiger partial charge on any atom is 0.0248 e. The second-order valence-electron chi connectivity index (χ2n) is 3.04. The van der Waals surface area contributed by atoms with E-state index in [9.17, 15) is 0 Å². The molecule has 0 saturated heterocycles. The molecule has 61 valence electrons. The van der Waals surface area contributed by atoms with Gasteiger partial charge in [-0.15, -0.1) is 6.42 Å². The van der Waals surface area contributed by atoms with Gasteiger partial charge in [-0.1, -0.05) is 30.2 Å². The fraction of sp³-hybridized carbons (Fsp3) is 0. The van der Waals surface area contributed by atoms with Crippen LogP contribution >= 0.6 is 0 Å². The fourth-order valence-electron chi connectivity index (χ4n) is 1.38. The van der Waals surface area contributed by atoms with E-state index in [1.165, 1.54) is 10.8 Å². The summed E-state index contributed by atoms with van der Waals surface area (Å²) in [5.41, 5.74) is 1.95. The van der Waals surface area contributed by atoms with E-state index in [-0.39, 0.29) is 0 Å². The van der Waals surface area contributed by atoms with Crippen LogP contribution in [0.25, 0.3) is 10.8 Å². The first-order valence-corrected chi connectivity index (χ1v) is 4.12. The zero-order valence-corrected chi connectivity index (χ0v) is 7.25. The molecule has 0 aliphatic carbocycles. The average molecular weight is 165 g/mol. The maximum atomic E-state index is 5.31. The molecule has 0 fully saturated rings. The Hall–Kier alpha value is -1.74. The number of rotatable bonds is 0. The Balaban J connectivity index is 2.75. The molecule has 0 aromatic heterocycles. The van der Waals surface area contributed by atoms with Crippen LogP contribution in [0.15, 0.2) is 36.4 Å². The lowest BCUT2D eigenvalue weighted by Crippen LogP contribution is -1.77. The molecule has 0 nitrogen and oxygen atoms in total. The van der Waals surface area contributed by atoms with Gasteiger partial charge in [0.25, 0.3) is 0 Å². The Labute approximate surface area is 78.2 Å². The van der Waals surface area contributed by atoms with Crippen molar-refractivity contribution in [2.75, 3.05) is 0 Å². The van der Waals surface area contributed by atoms with Crippen molar-refractivity contribution in [1.29, 1.82) is 0 Å². The predicted octanol–water partition coefficient (Wildman–Crippen LogP) is 3.00. The molecule has 0 amide bonds. The Morgan fingerprint density at radius 1 is 1.00 bits per heavy atom. The molecule has 1 radical (unpaired) electrons. The summed E-state index contributed by atoms with van der Waals surface area (Å²) in [5, 5.41) is 2.36. The molecule has 0 heteroatoms. The van der Waals surface area contributed by atoms with Crippen LogP contribution in [0.3, 0.4) is 0 Å². The third-order valence-corrected chi connectivity index (χ3v) is 2.07. The molecule has 0 aliphatic heterocycles. The lowest BCUT2D eigenvalue weighted by molar-refractivity contribution is 1.64. The van der Waals surface area contributed by atoms with E-state index < -0.39 is 0 Å². The molecule has 0 heterocycles. The van der Waals surface area contributed by atoms with Gasteiger partial charge in [0, 0.05) is 5.56 Å². The van der Waals surface area contributed by atoms with Gasteiger partial charge in [-0.05, 0) is 35.4 Å². The zero-order valence-electron chi connectivity index (χ0n) is 7.25. The number of hydrogen-bond donors (Lipinski definition) is 0. The van der Waals surface area contributed by atoms with Gasteiger partial charge in [0.1, 0.15) is 0 Å². The summed E-state index contributed by atoms with van der Waals surface area (Å²) < 4.78 is 0.